The third-order valence-electron chi connectivity index (χ3n) is 6.09. The van der Waals surface area contributed by atoms with Crippen molar-refractivity contribution in [2.24, 2.45) is 0 Å². The third-order valence-corrected chi connectivity index (χ3v) is 6.49. The molecule has 1 amide bonds. The molecule has 0 unspecified atom stereocenters. The van der Waals surface area contributed by atoms with Crippen LogP contribution in [-0.4, -0.2) is 33.5 Å². The maximum absolute atomic E-state index is 14.0. The van der Waals surface area contributed by atoms with Crippen molar-refractivity contribution >= 4 is 34.8 Å². The van der Waals surface area contributed by atoms with Gasteiger partial charge in [-0.2, -0.15) is 5.26 Å². The van der Waals surface area contributed by atoms with Gasteiger partial charge in [0.15, 0.2) is 5.96 Å². The van der Waals surface area contributed by atoms with E-state index in [2.05, 4.69) is 10.6 Å². The summed E-state index contributed by atoms with van der Waals surface area (Å²) < 4.78 is 14.0. The average Bonchev–Trinajstić information content (AvgIpc) is 2.67. The molecule has 7 nitrogen and oxygen atoms in total. The molecule has 0 bridgehead atoms. The van der Waals surface area contributed by atoms with Gasteiger partial charge in [-0.1, -0.05) is 23.7 Å². The number of carbonyl (C=O) groups is 1. The molecule has 0 aromatic heterocycles. The molecule has 1 aliphatic carbocycles. The molecule has 2 aromatic carbocycles. The fraction of sp³-hybridized carbons (Fsp3) is 0.348. The predicted molar refractivity (Wildman–Crippen MR) is 119 cm³/mol. The highest BCUT2D eigenvalue weighted by molar-refractivity contribution is 6.34. The molecule has 9 heteroatoms. The largest absolute Gasteiger partial charge is 0.390 e. The number of hydrogen-bond acceptors (Lipinski definition) is 5. The number of rotatable bonds is 4. The molecule has 1 atom stereocenters. The molecule has 1 heterocycles. The van der Waals surface area contributed by atoms with E-state index in [0.717, 1.165) is 0 Å². The van der Waals surface area contributed by atoms with Gasteiger partial charge < -0.3 is 15.7 Å². The second kappa shape index (κ2) is 7.76. The zero-order valence-electron chi connectivity index (χ0n) is 17.7. The highest BCUT2D eigenvalue weighted by Crippen LogP contribution is 2.41. The molecular formula is C23H23ClFN5O2. The van der Waals surface area contributed by atoms with E-state index in [1.54, 1.807) is 44.2 Å². The summed E-state index contributed by atoms with van der Waals surface area (Å²) in [4.78, 5) is 14.4. The minimum Gasteiger partial charge on any atom is -0.390 e. The highest BCUT2D eigenvalue weighted by Gasteiger charge is 2.49. The number of anilines is 2. The van der Waals surface area contributed by atoms with Crippen LogP contribution in [0, 0.1) is 22.6 Å². The summed E-state index contributed by atoms with van der Waals surface area (Å²) in [6.45, 7) is 3.52. The SMILES string of the molecule is C[C@@]1(c2cccc(Nc3ccc(C#N)c(F)c3)c2Cl)CC(=O)N([C@H]2C[C@@](C)(O)C2)C(=N)N1. The minimum absolute atomic E-state index is 0.0205. The number of guanidine groups is 1. The van der Waals surface area contributed by atoms with Crippen LogP contribution >= 0.6 is 11.6 Å². The van der Waals surface area contributed by atoms with Crippen molar-refractivity contribution < 1.29 is 14.3 Å². The number of amides is 1. The Labute approximate surface area is 190 Å². The van der Waals surface area contributed by atoms with Crippen LogP contribution in [0.3, 0.4) is 0 Å². The van der Waals surface area contributed by atoms with Gasteiger partial charge in [-0.15, -0.1) is 0 Å². The Morgan fingerprint density at radius 2 is 2.06 bits per heavy atom. The minimum atomic E-state index is -0.915. The molecule has 4 N–H and O–H groups in total. The molecule has 2 aliphatic rings. The van der Waals surface area contributed by atoms with Crippen molar-refractivity contribution in [1.82, 2.24) is 10.2 Å². The van der Waals surface area contributed by atoms with E-state index in [4.69, 9.17) is 22.3 Å². The molecule has 2 fully saturated rings. The van der Waals surface area contributed by atoms with E-state index in [1.165, 1.54) is 17.0 Å². The van der Waals surface area contributed by atoms with Crippen molar-refractivity contribution in [1.29, 1.82) is 10.7 Å². The molecule has 2 aromatic rings. The van der Waals surface area contributed by atoms with E-state index >= 15 is 0 Å². The molecule has 1 saturated carbocycles. The first-order chi connectivity index (χ1) is 15.0. The number of nitriles is 1. The molecular weight excluding hydrogens is 433 g/mol. The zero-order chi connectivity index (χ0) is 23.3. The van der Waals surface area contributed by atoms with Crippen LogP contribution in [0.4, 0.5) is 15.8 Å². The number of carbonyl (C=O) groups excluding carboxylic acids is 1. The summed E-state index contributed by atoms with van der Waals surface area (Å²) in [6, 6.07) is 11.0. The summed E-state index contributed by atoms with van der Waals surface area (Å²) >= 11 is 6.67. The maximum Gasteiger partial charge on any atom is 0.232 e. The van der Waals surface area contributed by atoms with Crippen molar-refractivity contribution in [2.45, 2.75) is 50.3 Å². The molecule has 32 heavy (non-hydrogen) atoms. The number of benzene rings is 2. The lowest BCUT2D eigenvalue weighted by Crippen LogP contribution is -2.66. The van der Waals surface area contributed by atoms with Crippen LogP contribution in [0.5, 0.6) is 0 Å². The Hall–Kier alpha value is -3.15. The Bertz CT molecular complexity index is 1130. The van der Waals surface area contributed by atoms with Crippen molar-refractivity contribution in [3.63, 3.8) is 0 Å². The first-order valence-electron chi connectivity index (χ1n) is 10.2. The molecule has 166 valence electrons. The number of aliphatic hydroxyl groups is 1. The van der Waals surface area contributed by atoms with Crippen LogP contribution in [0.15, 0.2) is 36.4 Å². The lowest BCUT2D eigenvalue weighted by atomic mass is 9.75. The van der Waals surface area contributed by atoms with E-state index in [-0.39, 0.29) is 29.9 Å². The van der Waals surface area contributed by atoms with E-state index in [1.807, 2.05) is 0 Å². The fourth-order valence-electron chi connectivity index (χ4n) is 4.46. The lowest BCUT2D eigenvalue weighted by molar-refractivity contribution is -0.139. The monoisotopic (exact) mass is 455 g/mol. The Morgan fingerprint density at radius 3 is 2.66 bits per heavy atom. The highest BCUT2D eigenvalue weighted by atomic mass is 35.5. The summed E-state index contributed by atoms with van der Waals surface area (Å²) in [7, 11) is 0. The van der Waals surface area contributed by atoms with Crippen molar-refractivity contribution in [3.8, 4) is 6.07 Å². The van der Waals surface area contributed by atoms with E-state index < -0.39 is 17.0 Å². The molecule has 4 rings (SSSR count). The summed E-state index contributed by atoms with van der Waals surface area (Å²) in [5, 5.41) is 33.8. The van der Waals surface area contributed by atoms with Crippen LogP contribution in [0.1, 0.15) is 44.2 Å². The predicted octanol–water partition coefficient (Wildman–Crippen LogP) is 3.98. The summed E-state index contributed by atoms with van der Waals surface area (Å²) in [6.07, 6.45) is 0.949. The third kappa shape index (κ3) is 3.90. The molecule has 1 aliphatic heterocycles. The van der Waals surface area contributed by atoms with Crippen LogP contribution in [0.2, 0.25) is 5.02 Å². The zero-order valence-corrected chi connectivity index (χ0v) is 18.4. The van der Waals surface area contributed by atoms with Gasteiger partial charge in [-0.25, -0.2) is 4.39 Å². The standard InChI is InChI=1S/C23H23ClFN5O2/c1-22(32)9-15(10-22)30-19(31)11-23(2,29-21(30)27)16-4-3-5-18(20(16)24)28-14-7-6-13(12-26)17(25)8-14/h3-8,15,28,32H,9-11H2,1-2H3,(H2,27,29)/t15-,22+,23-/m0/s1. The first-order valence-corrected chi connectivity index (χ1v) is 10.6. The number of halogens is 2. The van der Waals surface area contributed by atoms with E-state index in [0.29, 0.717) is 34.8 Å². The van der Waals surface area contributed by atoms with Crippen molar-refractivity contribution in [2.75, 3.05) is 5.32 Å². The number of nitrogens with zero attached hydrogens (tertiary/aromatic N) is 2. The second-order valence-corrected chi connectivity index (χ2v) is 9.28. The van der Waals surface area contributed by atoms with E-state index in [9.17, 15) is 14.3 Å². The lowest BCUT2D eigenvalue weighted by Gasteiger charge is -2.50. The topological polar surface area (TPSA) is 112 Å². The maximum atomic E-state index is 14.0. The molecule has 1 saturated heterocycles. The van der Waals surface area contributed by atoms with Gasteiger partial charge in [0, 0.05) is 11.7 Å². The Morgan fingerprint density at radius 1 is 1.34 bits per heavy atom. The number of hydrogen-bond donors (Lipinski definition) is 4. The fourth-order valence-corrected chi connectivity index (χ4v) is 4.84. The first kappa shape index (κ1) is 22.1. The van der Waals surface area contributed by atoms with Crippen LogP contribution in [-0.2, 0) is 10.3 Å². The van der Waals surface area contributed by atoms with Gasteiger partial charge in [-0.05, 0) is 56.5 Å². The number of nitrogens with one attached hydrogen (secondary N) is 3. The molecule has 0 spiro atoms. The molecule has 0 radical (unpaired) electrons. The average molecular weight is 456 g/mol. The summed E-state index contributed by atoms with van der Waals surface area (Å²) in [5.74, 6) is -0.868. The van der Waals surface area contributed by atoms with Gasteiger partial charge in [-0.3, -0.25) is 15.1 Å². The smallest absolute Gasteiger partial charge is 0.232 e. The van der Waals surface area contributed by atoms with Gasteiger partial charge in [0.25, 0.3) is 0 Å². The van der Waals surface area contributed by atoms with Crippen LogP contribution in [0.25, 0.3) is 0 Å². The normalized spacial score (nSPS) is 27.4. The Kier molecular flexibility index (Phi) is 5.35. The van der Waals surface area contributed by atoms with Gasteiger partial charge >= 0.3 is 0 Å². The van der Waals surface area contributed by atoms with Gasteiger partial charge in [0.1, 0.15) is 11.9 Å². The van der Waals surface area contributed by atoms with Crippen LogP contribution < -0.4 is 10.6 Å². The van der Waals surface area contributed by atoms with Gasteiger partial charge in [0.05, 0.1) is 33.8 Å². The Balaban J connectivity index is 1.58. The second-order valence-electron chi connectivity index (χ2n) is 8.90. The van der Waals surface area contributed by atoms with Crippen molar-refractivity contribution in [3.05, 3.63) is 58.4 Å². The van der Waals surface area contributed by atoms with Gasteiger partial charge in [0.2, 0.25) is 5.91 Å². The quantitative estimate of drug-likeness (QED) is 0.557. The summed E-state index contributed by atoms with van der Waals surface area (Å²) in [5.41, 5.74) is -0.218.